The lowest BCUT2D eigenvalue weighted by Gasteiger charge is -2.04. The first-order valence-corrected chi connectivity index (χ1v) is 3.99. The van der Waals surface area contributed by atoms with Crippen molar-refractivity contribution in [2.45, 2.75) is 13.5 Å². The molecular weight excluding hydrogens is 194 g/mol. The third-order valence-electron chi connectivity index (χ3n) is 1.81. The fourth-order valence-corrected chi connectivity index (χ4v) is 1.35. The highest BCUT2D eigenvalue weighted by molar-refractivity contribution is 6.32. The zero-order chi connectivity index (χ0) is 10.0. The molecule has 1 N–H and O–H groups in total. The van der Waals surface area contributed by atoms with Crippen LogP contribution in [-0.2, 0) is 6.61 Å². The van der Waals surface area contributed by atoms with E-state index >= 15 is 0 Å². The summed E-state index contributed by atoms with van der Waals surface area (Å²) >= 11 is 5.62. The number of halogens is 1. The molecule has 13 heavy (non-hydrogen) atoms. The molecule has 0 aliphatic heterocycles. The molecule has 0 saturated carbocycles. The van der Waals surface area contributed by atoms with Crippen molar-refractivity contribution in [3.05, 3.63) is 38.4 Å². The van der Waals surface area contributed by atoms with E-state index in [2.05, 4.69) is 0 Å². The normalized spacial score (nSPS) is 10.1. The van der Waals surface area contributed by atoms with Gasteiger partial charge in [-0.15, -0.1) is 0 Å². The summed E-state index contributed by atoms with van der Waals surface area (Å²) in [6.45, 7) is 1.32. The molecule has 5 heteroatoms. The third-order valence-corrected chi connectivity index (χ3v) is 2.11. The van der Waals surface area contributed by atoms with E-state index in [-0.39, 0.29) is 22.9 Å². The molecule has 0 unspecified atom stereocenters. The Balaban J connectivity index is 3.43. The summed E-state index contributed by atoms with van der Waals surface area (Å²) in [5.74, 6) is 0. The fourth-order valence-electron chi connectivity index (χ4n) is 1.11. The van der Waals surface area contributed by atoms with Gasteiger partial charge in [0.2, 0.25) is 0 Å². The minimum absolute atomic E-state index is 0.0552. The van der Waals surface area contributed by atoms with E-state index < -0.39 is 4.92 Å². The largest absolute Gasteiger partial charge is 0.391 e. The first kappa shape index (κ1) is 9.95. The molecule has 4 nitrogen and oxygen atoms in total. The van der Waals surface area contributed by atoms with Crippen molar-refractivity contribution in [3.63, 3.8) is 0 Å². The molecule has 1 aromatic rings. The van der Waals surface area contributed by atoms with E-state index in [9.17, 15) is 10.1 Å². The molecule has 0 heterocycles. The van der Waals surface area contributed by atoms with Crippen LogP contribution in [0.5, 0.6) is 0 Å². The van der Waals surface area contributed by atoms with E-state index in [4.69, 9.17) is 16.7 Å². The Morgan fingerprint density at radius 1 is 1.62 bits per heavy atom. The maximum Gasteiger partial charge on any atom is 0.293 e. The molecule has 1 aromatic carbocycles. The molecule has 0 amide bonds. The summed E-state index contributed by atoms with van der Waals surface area (Å²) in [4.78, 5) is 9.98. The standard InChI is InChI=1S/C8H8ClNO3/c1-5-2-3-7(9)8(10(12)13)6(5)4-11/h2-3,11H,4H2,1H3. The Kier molecular flexibility index (Phi) is 2.85. The molecule has 0 radical (unpaired) electrons. The van der Waals surface area contributed by atoms with Crippen LogP contribution in [0.1, 0.15) is 11.1 Å². The monoisotopic (exact) mass is 201 g/mol. The van der Waals surface area contributed by atoms with Crippen LogP contribution in [0.15, 0.2) is 12.1 Å². The highest BCUT2D eigenvalue weighted by Gasteiger charge is 2.19. The summed E-state index contributed by atoms with van der Waals surface area (Å²) in [5.41, 5.74) is 0.736. The van der Waals surface area contributed by atoms with E-state index in [0.29, 0.717) is 5.56 Å². The minimum Gasteiger partial charge on any atom is -0.391 e. The van der Waals surface area contributed by atoms with Gasteiger partial charge < -0.3 is 5.11 Å². The van der Waals surface area contributed by atoms with Crippen molar-refractivity contribution < 1.29 is 10.0 Å². The van der Waals surface area contributed by atoms with Crippen LogP contribution in [0.3, 0.4) is 0 Å². The molecule has 0 aliphatic rings. The smallest absolute Gasteiger partial charge is 0.293 e. The van der Waals surface area contributed by atoms with E-state index in [1.165, 1.54) is 6.07 Å². The van der Waals surface area contributed by atoms with Gasteiger partial charge in [0.25, 0.3) is 5.69 Å². The number of hydrogen-bond acceptors (Lipinski definition) is 3. The van der Waals surface area contributed by atoms with Crippen LogP contribution in [0.4, 0.5) is 5.69 Å². The summed E-state index contributed by atoms with van der Waals surface area (Å²) < 4.78 is 0. The second-order valence-corrected chi connectivity index (χ2v) is 3.01. The van der Waals surface area contributed by atoms with E-state index in [1.54, 1.807) is 13.0 Å². The van der Waals surface area contributed by atoms with Gasteiger partial charge in [0.15, 0.2) is 0 Å². The number of nitro benzene ring substituents is 1. The predicted octanol–water partition coefficient (Wildman–Crippen LogP) is 2.05. The van der Waals surface area contributed by atoms with Gasteiger partial charge >= 0.3 is 0 Å². The SMILES string of the molecule is Cc1ccc(Cl)c([N+](=O)[O-])c1CO. The minimum atomic E-state index is -0.582. The maximum atomic E-state index is 10.6. The first-order chi connectivity index (χ1) is 6.07. The van der Waals surface area contributed by atoms with Gasteiger partial charge in [0, 0.05) is 0 Å². The lowest BCUT2D eigenvalue weighted by atomic mass is 10.1. The number of nitrogens with zero attached hydrogens (tertiary/aromatic N) is 1. The topological polar surface area (TPSA) is 63.4 Å². The molecule has 0 atom stereocenters. The predicted molar refractivity (Wildman–Crippen MR) is 48.8 cm³/mol. The molecule has 0 aromatic heterocycles. The highest BCUT2D eigenvalue weighted by Crippen LogP contribution is 2.30. The zero-order valence-electron chi connectivity index (χ0n) is 6.95. The first-order valence-electron chi connectivity index (χ1n) is 3.61. The molecular formula is C8H8ClNO3. The maximum absolute atomic E-state index is 10.6. The molecule has 70 valence electrons. The van der Waals surface area contributed by atoms with Crippen molar-refractivity contribution in [3.8, 4) is 0 Å². The van der Waals surface area contributed by atoms with Crippen molar-refractivity contribution in [2.24, 2.45) is 0 Å². The summed E-state index contributed by atoms with van der Waals surface area (Å²) in [6.07, 6.45) is 0. The Morgan fingerprint density at radius 3 is 2.62 bits per heavy atom. The average Bonchev–Trinajstić information content (AvgIpc) is 2.07. The quantitative estimate of drug-likeness (QED) is 0.588. The molecule has 0 bridgehead atoms. The fraction of sp³-hybridized carbons (Fsp3) is 0.250. The second kappa shape index (κ2) is 3.72. The molecule has 0 saturated heterocycles. The number of aryl methyl sites for hydroxylation is 1. The Bertz CT molecular complexity index is 351. The van der Waals surface area contributed by atoms with Gasteiger partial charge in [-0.3, -0.25) is 10.1 Å². The van der Waals surface area contributed by atoms with Crippen LogP contribution in [-0.4, -0.2) is 10.0 Å². The van der Waals surface area contributed by atoms with Crippen molar-refractivity contribution in [1.29, 1.82) is 0 Å². The van der Waals surface area contributed by atoms with Crippen LogP contribution in [0.2, 0.25) is 5.02 Å². The number of nitro groups is 1. The van der Waals surface area contributed by atoms with Gasteiger partial charge in [-0.05, 0) is 18.6 Å². The summed E-state index contributed by atoms with van der Waals surface area (Å²) in [7, 11) is 0. The van der Waals surface area contributed by atoms with Crippen molar-refractivity contribution in [2.75, 3.05) is 0 Å². The Hall–Kier alpha value is -1.13. The Labute approximate surface area is 79.9 Å². The number of benzene rings is 1. The molecule has 0 fully saturated rings. The second-order valence-electron chi connectivity index (χ2n) is 2.61. The van der Waals surface area contributed by atoms with Crippen LogP contribution in [0.25, 0.3) is 0 Å². The van der Waals surface area contributed by atoms with Crippen LogP contribution >= 0.6 is 11.6 Å². The van der Waals surface area contributed by atoms with Gasteiger partial charge in [0.1, 0.15) is 5.02 Å². The van der Waals surface area contributed by atoms with Crippen molar-refractivity contribution >= 4 is 17.3 Å². The average molecular weight is 202 g/mol. The van der Waals surface area contributed by atoms with E-state index in [0.717, 1.165) is 0 Å². The van der Waals surface area contributed by atoms with E-state index in [1.807, 2.05) is 0 Å². The van der Waals surface area contributed by atoms with Gasteiger partial charge in [0.05, 0.1) is 17.1 Å². The van der Waals surface area contributed by atoms with Crippen LogP contribution < -0.4 is 0 Å². The third kappa shape index (κ3) is 1.79. The van der Waals surface area contributed by atoms with Gasteiger partial charge in [-0.2, -0.15) is 0 Å². The molecule has 0 spiro atoms. The number of aliphatic hydroxyl groups is 1. The Morgan fingerprint density at radius 2 is 2.23 bits per heavy atom. The summed E-state index contributed by atoms with van der Waals surface area (Å²) in [5, 5.41) is 19.5. The number of rotatable bonds is 2. The highest BCUT2D eigenvalue weighted by atomic mass is 35.5. The lowest BCUT2D eigenvalue weighted by Crippen LogP contribution is -1.98. The summed E-state index contributed by atoms with van der Waals surface area (Å²) in [6, 6.07) is 3.09. The molecule has 1 rings (SSSR count). The van der Waals surface area contributed by atoms with Gasteiger partial charge in [-0.1, -0.05) is 17.7 Å². The zero-order valence-corrected chi connectivity index (χ0v) is 7.71. The van der Waals surface area contributed by atoms with Crippen LogP contribution in [0, 0.1) is 17.0 Å². The number of aliphatic hydroxyl groups excluding tert-OH is 1. The van der Waals surface area contributed by atoms with Crippen molar-refractivity contribution in [1.82, 2.24) is 0 Å². The van der Waals surface area contributed by atoms with Gasteiger partial charge in [-0.25, -0.2) is 0 Å². The lowest BCUT2D eigenvalue weighted by molar-refractivity contribution is -0.385. The number of hydrogen-bond donors (Lipinski definition) is 1. The molecule has 0 aliphatic carbocycles.